The average molecular weight is 346 g/mol. The van der Waals surface area contributed by atoms with Crippen LogP contribution in [0.2, 0.25) is 0 Å². The van der Waals surface area contributed by atoms with Gasteiger partial charge in [0.05, 0.1) is 14.2 Å². The Morgan fingerprint density at radius 2 is 0.923 bits per heavy atom. The molecule has 0 atom stereocenters. The Bertz CT molecular complexity index is 1040. The molecule has 2 N–H and O–H groups in total. The molecule has 0 saturated heterocycles. The Hall–Kier alpha value is -3.40. The first kappa shape index (κ1) is 16.1. The summed E-state index contributed by atoms with van der Waals surface area (Å²) in [6, 6.07) is 18.4. The minimum absolute atomic E-state index is 0.0917. The van der Waals surface area contributed by atoms with Gasteiger partial charge in [-0.3, -0.25) is 0 Å². The molecule has 26 heavy (non-hydrogen) atoms. The van der Waals surface area contributed by atoms with E-state index in [1.54, 1.807) is 26.4 Å². The van der Waals surface area contributed by atoms with E-state index in [1.807, 2.05) is 48.5 Å². The Morgan fingerprint density at radius 3 is 1.27 bits per heavy atom. The van der Waals surface area contributed by atoms with E-state index in [0.717, 1.165) is 10.8 Å². The van der Waals surface area contributed by atoms with Crippen LogP contribution in [0.3, 0.4) is 0 Å². The van der Waals surface area contributed by atoms with Crippen molar-refractivity contribution in [1.29, 1.82) is 0 Å². The summed E-state index contributed by atoms with van der Waals surface area (Å²) in [6.45, 7) is 0. The van der Waals surface area contributed by atoms with Gasteiger partial charge in [0.25, 0.3) is 0 Å². The zero-order valence-electron chi connectivity index (χ0n) is 14.5. The molecule has 4 rings (SSSR count). The van der Waals surface area contributed by atoms with Crippen LogP contribution in [0, 0.1) is 0 Å². The van der Waals surface area contributed by atoms with E-state index in [9.17, 15) is 10.2 Å². The molecule has 0 unspecified atom stereocenters. The van der Waals surface area contributed by atoms with Crippen LogP contribution >= 0.6 is 0 Å². The quantitative estimate of drug-likeness (QED) is 0.542. The molecule has 0 aliphatic carbocycles. The molecule has 4 aromatic carbocycles. The molecule has 0 bridgehead atoms. The van der Waals surface area contributed by atoms with Crippen molar-refractivity contribution in [3.8, 4) is 34.1 Å². The number of benzene rings is 4. The fourth-order valence-corrected chi connectivity index (χ4v) is 3.40. The summed E-state index contributed by atoms with van der Waals surface area (Å²) in [5.74, 6) is 1.43. The van der Waals surface area contributed by atoms with E-state index in [4.69, 9.17) is 9.47 Å². The van der Waals surface area contributed by atoms with Crippen molar-refractivity contribution in [3.05, 3.63) is 60.7 Å². The van der Waals surface area contributed by atoms with Crippen LogP contribution in [0.1, 0.15) is 0 Å². The van der Waals surface area contributed by atoms with Crippen LogP contribution in [-0.2, 0) is 0 Å². The zero-order valence-corrected chi connectivity index (χ0v) is 14.5. The summed E-state index contributed by atoms with van der Waals surface area (Å²) < 4.78 is 11.0. The predicted octanol–water partition coefficient (Wildman–Crippen LogP) is 5.09. The van der Waals surface area contributed by atoms with Crippen molar-refractivity contribution in [2.45, 2.75) is 0 Å². The third kappa shape index (κ3) is 2.30. The smallest absolute Gasteiger partial charge is 0.131 e. The lowest BCUT2D eigenvalue weighted by molar-refractivity contribution is 0.417. The highest BCUT2D eigenvalue weighted by molar-refractivity contribution is 6.04. The summed E-state index contributed by atoms with van der Waals surface area (Å²) in [6.07, 6.45) is 0. The van der Waals surface area contributed by atoms with Gasteiger partial charge in [0.1, 0.15) is 23.0 Å². The Kier molecular flexibility index (Phi) is 3.81. The molecular formula is C22H18O4. The van der Waals surface area contributed by atoms with Crippen molar-refractivity contribution in [1.82, 2.24) is 0 Å². The molecule has 0 amide bonds. The minimum Gasteiger partial charge on any atom is -0.507 e. The second-order valence-electron chi connectivity index (χ2n) is 6.04. The van der Waals surface area contributed by atoms with Gasteiger partial charge in [0.15, 0.2) is 0 Å². The van der Waals surface area contributed by atoms with Gasteiger partial charge in [-0.1, -0.05) is 48.5 Å². The van der Waals surface area contributed by atoms with Gasteiger partial charge in [0.2, 0.25) is 0 Å². The fourth-order valence-electron chi connectivity index (χ4n) is 3.40. The first-order chi connectivity index (χ1) is 12.7. The number of hydrogen-bond donors (Lipinski definition) is 2. The highest BCUT2D eigenvalue weighted by Gasteiger charge is 2.19. The lowest BCUT2D eigenvalue weighted by atomic mass is 9.95. The second kappa shape index (κ2) is 6.15. The van der Waals surface area contributed by atoms with Gasteiger partial charge >= 0.3 is 0 Å². The Morgan fingerprint density at radius 1 is 0.577 bits per heavy atom. The number of aromatic hydroxyl groups is 2. The second-order valence-corrected chi connectivity index (χ2v) is 6.04. The van der Waals surface area contributed by atoms with Crippen LogP contribution in [0.4, 0.5) is 0 Å². The van der Waals surface area contributed by atoms with Crippen molar-refractivity contribution >= 4 is 21.5 Å². The number of hydrogen-bond acceptors (Lipinski definition) is 4. The van der Waals surface area contributed by atoms with E-state index in [2.05, 4.69) is 0 Å². The highest BCUT2D eigenvalue weighted by atomic mass is 16.5. The molecule has 0 fully saturated rings. The molecule has 0 spiro atoms. The lowest BCUT2D eigenvalue weighted by Gasteiger charge is -2.16. The molecule has 0 aliphatic rings. The summed E-state index contributed by atoms with van der Waals surface area (Å²) in [5.41, 5.74) is 0.976. The van der Waals surface area contributed by atoms with Crippen molar-refractivity contribution in [2.24, 2.45) is 0 Å². The number of ether oxygens (including phenoxy) is 2. The standard InChI is InChI=1S/C22H18O4/c1-25-19-11-17(21(23)15-9-5-3-7-13(15)19)18-12-20(26-2)14-8-4-6-10-16(14)22(18)24/h3-12,23-24H,1-2H3. The van der Waals surface area contributed by atoms with Crippen molar-refractivity contribution in [2.75, 3.05) is 14.2 Å². The fraction of sp³-hybridized carbons (Fsp3) is 0.0909. The van der Waals surface area contributed by atoms with E-state index in [1.165, 1.54) is 0 Å². The average Bonchev–Trinajstić information content (AvgIpc) is 2.69. The third-order valence-electron chi connectivity index (χ3n) is 4.69. The van der Waals surface area contributed by atoms with Gasteiger partial charge in [-0.05, 0) is 12.1 Å². The largest absolute Gasteiger partial charge is 0.507 e. The first-order valence-corrected chi connectivity index (χ1v) is 8.23. The van der Waals surface area contributed by atoms with E-state index >= 15 is 0 Å². The molecule has 0 heterocycles. The van der Waals surface area contributed by atoms with Gasteiger partial charge in [-0.25, -0.2) is 0 Å². The molecule has 4 aromatic rings. The third-order valence-corrected chi connectivity index (χ3v) is 4.69. The van der Waals surface area contributed by atoms with Crippen LogP contribution in [-0.4, -0.2) is 24.4 Å². The number of phenols is 2. The summed E-state index contributed by atoms with van der Waals surface area (Å²) in [4.78, 5) is 0. The lowest BCUT2D eigenvalue weighted by Crippen LogP contribution is -1.92. The van der Waals surface area contributed by atoms with E-state index in [-0.39, 0.29) is 11.5 Å². The van der Waals surface area contributed by atoms with Crippen LogP contribution in [0.25, 0.3) is 32.7 Å². The first-order valence-electron chi connectivity index (χ1n) is 8.23. The number of methoxy groups -OCH3 is 2. The Labute approximate surface area is 150 Å². The van der Waals surface area contributed by atoms with Gasteiger partial charge in [0, 0.05) is 32.7 Å². The van der Waals surface area contributed by atoms with Crippen LogP contribution < -0.4 is 9.47 Å². The molecule has 0 radical (unpaired) electrons. The summed E-state index contributed by atoms with van der Waals surface area (Å²) in [5, 5.41) is 24.7. The maximum atomic E-state index is 10.9. The normalized spacial score (nSPS) is 11.0. The van der Waals surface area contributed by atoms with Crippen LogP contribution in [0.5, 0.6) is 23.0 Å². The van der Waals surface area contributed by atoms with Gasteiger partial charge < -0.3 is 19.7 Å². The number of rotatable bonds is 3. The zero-order chi connectivity index (χ0) is 18.3. The van der Waals surface area contributed by atoms with Crippen molar-refractivity contribution < 1.29 is 19.7 Å². The molecular weight excluding hydrogens is 328 g/mol. The Balaban J connectivity index is 2.10. The topological polar surface area (TPSA) is 58.9 Å². The summed E-state index contributed by atoms with van der Waals surface area (Å²) in [7, 11) is 3.17. The molecule has 130 valence electrons. The molecule has 4 nitrogen and oxygen atoms in total. The summed E-state index contributed by atoms with van der Waals surface area (Å²) >= 11 is 0. The van der Waals surface area contributed by atoms with Gasteiger partial charge in [-0.2, -0.15) is 0 Å². The highest BCUT2D eigenvalue weighted by Crippen LogP contribution is 2.47. The predicted molar refractivity (Wildman–Crippen MR) is 103 cm³/mol. The maximum absolute atomic E-state index is 10.9. The number of fused-ring (bicyclic) bond motifs is 2. The van der Waals surface area contributed by atoms with E-state index < -0.39 is 0 Å². The molecule has 0 aromatic heterocycles. The van der Waals surface area contributed by atoms with Crippen LogP contribution in [0.15, 0.2) is 60.7 Å². The molecule has 4 heteroatoms. The van der Waals surface area contributed by atoms with Crippen molar-refractivity contribution in [3.63, 3.8) is 0 Å². The molecule has 0 saturated carbocycles. The number of phenolic OH excluding ortho intramolecular Hbond substituents is 2. The monoisotopic (exact) mass is 346 g/mol. The van der Waals surface area contributed by atoms with E-state index in [0.29, 0.717) is 33.4 Å². The minimum atomic E-state index is 0.0917. The van der Waals surface area contributed by atoms with Gasteiger partial charge in [-0.15, -0.1) is 0 Å². The molecule has 0 aliphatic heterocycles. The SMILES string of the molecule is COc1cc(-c2cc(OC)c3ccccc3c2O)c(O)c2ccccc12. The maximum Gasteiger partial charge on any atom is 0.131 e.